The minimum atomic E-state index is -0.00621. The Bertz CT molecular complexity index is 601. The number of hydrogen-bond acceptors (Lipinski definition) is 3. The van der Waals surface area contributed by atoms with E-state index in [1.54, 1.807) is 22.7 Å². The average Bonchev–Trinajstić information content (AvgIpc) is 2.77. The highest BCUT2D eigenvalue weighted by Gasteiger charge is 2.17. The lowest BCUT2D eigenvalue weighted by Crippen LogP contribution is -2.26. The maximum atomic E-state index is 12.4. The Hall–Kier alpha value is -1.68. The van der Waals surface area contributed by atoms with Crippen LogP contribution in [0.1, 0.15) is 27.4 Å². The molecule has 0 spiro atoms. The van der Waals surface area contributed by atoms with Crippen LogP contribution in [0.25, 0.3) is 0 Å². The molecule has 3 nitrogen and oxygen atoms in total. The summed E-state index contributed by atoms with van der Waals surface area (Å²) in [4.78, 5) is 15.3. The average molecular weight is 289 g/mol. The van der Waals surface area contributed by atoms with Crippen molar-refractivity contribution in [2.45, 2.75) is 25.3 Å². The zero-order chi connectivity index (χ0) is 14.7. The van der Waals surface area contributed by atoms with Crippen LogP contribution in [0.4, 0.5) is 0 Å². The minimum Gasteiger partial charge on any atom is -0.466 e. The van der Waals surface area contributed by atoms with Gasteiger partial charge in [-0.2, -0.15) is 0 Å². The van der Waals surface area contributed by atoms with Gasteiger partial charge >= 0.3 is 0 Å². The number of hydrogen-bond donors (Lipinski definition) is 0. The summed E-state index contributed by atoms with van der Waals surface area (Å²) in [5.74, 6) is 1.44. The van der Waals surface area contributed by atoms with Crippen LogP contribution in [0.3, 0.4) is 0 Å². The highest BCUT2D eigenvalue weighted by Crippen LogP contribution is 2.18. The Balaban J connectivity index is 2.09. The fourth-order valence-corrected chi connectivity index (χ4v) is 2.53. The third kappa shape index (κ3) is 3.25. The van der Waals surface area contributed by atoms with Crippen LogP contribution in [0.2, 0.25) is 0 Å². The SMILES string of the molecule is CSc1ccc(CN(C)C(=O)c2cc(C)oc2C)cc1. The molecule has 4 heteroatoms. The Morgan fingerprint density at radius 1 is 1.25 bits per heavy atom. The van der Waals surface area contributed by atoms with Gasteiger partial charge in [-0.15, -0.1) is 11.8 Å². The molecule has 2 aromatic rings. The van der Waals surface area contributed by atoms with Gasteiger partial charge in [0.25, 0.3) is 5.91 Å². The zero-order valence-corrected chi connectivity index (χ0v) is 13.1. The van der Waals surface area contributed by atoms with E-state index in [0.29, 0.717) is 17.9 Å². The molecule has 0 fully saturated rings. The first-order valence-corrected chi connectivity index (χ1v) is 7.69. The second-order valence-corrected chi connectivity index (χ2v) is 5.72. The summed E-state index contributed by atoms with van der Waals surface area (Å²) in [6.45, 7) is 4.27. The third-order valence-electron chi connectivity index (χ3n) is 3.20. The molecule has 1 aromatic carbocycles. The third-order valence-corrected chi connectivity index (χ3v) is 3.94. The van der Waals surface area contributed by atoms with Crippen LogP contribution >= 0.6 is 11.8 Å². The van der Waals surface area contributed by atoms with Crippen LogP contribution in [-0.2, 0) is 6.54 Å². The molecule has 0 unspecified atom stereocenters. The molecule has 0 atom stereocenters. The number of carbonyl (C=O) groups is 1. The summed E-state index contributed by atoms with van der Waals surface area (Å²) in [6.07, 6.45) is 2.05. The van der Waals surface area contributed by atoms with Crippen molar-refractivity contribution in [1.82, 2.24) is 4.90 Å². The number of benzene rings is 1. The van der Waals surface area contributed by atoms with Gasteiger partial charge in [0.1, 0.15) is 11.5 Å². The highest BCUT2D eigenvalue weighted by atomic mass is 32.2. The van der Waals surface area contributed by atoms with E-state index >= 15 is 0 Å². The van der Waals surface area contributed by atoms with E-state index < -0.39 is 0 Å². The van der Waals surface area contributed by atoms with Gasteiger partial charge in [0.05, 0.1) is 5.56 Å². The maximum Gasteiger partial charge on any atom is 0.257 e. The fraction of sp³-hybridized carbons (Fsp3) is 0.312. The molecular weight excluding hydrogens is 270 g/mol. The van der Waals surface area contributed by atoms with Crippen molar-refractivity contribution >= 4 is 17.7 Å². The lowest BCUT2D eigenvalue weighted by molar-refractivity contribution is 0.0783. The largest absolute Gasteiger partial charge is 0.466 e. The molecule has 0 radical (unpaired) electrons. The van der Waals surface area contributed by atoms with Gasteiger partial charge in [-0.25, -0.2) is 0 Å². The van der Waals surface area contributed by atoms with Gasteiger partial charge in [-0.05, 0) is 43.9 Å². The molecule has 0 N–H and O–H groups in total. The van der Waals surface area contributed by atoms with Crippen molar-refractivity contribution in [2.24, 2.45) is 0 Å². The molecule has 20 heavy (non-hydrogen) atoms. The molecular formula is C16H19NO2S. The summed E-state index contributed by atoms with van der Waals surface area (Å²) >= 11 is 1.71. The van der Waals surface area contributed by atoms with Gasteiger partial charge in [0, 0.05) is 18.5 Å². The molecule has 2 rings (SSSR count). The smallest absolute Gasteiger partial charge is 0.257 e. The zero-order valence-electron chi connectivity index (χ0n) is 12.3. The lowest BCUT2D eigenvalue weighted by atomic mass is 10.2. The molecule has 1 amide bonds. The van der Waals surface area contributed by atoms with Gasteiger partial charge in [0.2, 0.25) is 0 Å². The van der Waals surface area contributed by atoms with Crippen LogP contribution in [0.15, 0.2) is 39.6 Å². The normalized spacial score (nSPS) is 10.6. The first-order valence-electron chi connectivity index (χ1n) is 6.46. The predicted octanol–water partition coefficient (Wildman–Crippen LogP) is 3.89. The molecule has 106 valence electrons. The van der Waals surface area contributed by atoms with Crippen molar-refractivity contribution < 1.29 is 9.21 Å². The van der Waals surface area contributed by atoms with Crippen molar-refractivity contribution in [3.05, 3.63) is 53.0 Å². The monoisotopic (exact) mass is 289 g/mol. The molecule has 1 aromatic heterocycles. The highest BCUT2D eigenvalue weighted by molar-refractivity contribution is 7.98. The van der Waals surface area contributed by atoms with Gasteiger partial charge in [0.15, 0.2) is 0 Å². The lowest BCUT2D eigenvalue weighted by Gasteiger charge is -2.17. The van der Waals surface area contributed by atoms with E-state index in [9.17, 15) is 4.79 Å². The fourth-order valence-electron chi connectivity index (χ4n) is 2.13. The summed E-state index contributed by atoms with van der Waals surface area (Å²) in [7, 11) is 1.81. The van der Waals surface area contributed by atoms with E-state index in [2.05, 4.69) is 30.5 Å². The van der Waals surface area contributed by atoms with Gasteiger partial charge in [-0.3, -0.25) is 4.79 Å². The topological polar surface area (TPSA) is 33.5 Å². The second kappa shape index (κ2) is 6.18. The number of nitrogens with zero attached hydrogens (tertiary/aromatic N) is 1. The summed E-state index contributed by atoms with van der Waals surface area (Å²) in [5, 5.41) is 0. The van der Waals surface area contributed by atoms with E-state index in [4.69, 9.17) is 4.42 Å². The summed E-state index contributed by atoms with van der Waals surface area (Å²) in [6, 6.07) is 10.1. The van der Waals surface area contributed by atoms with Crippen LogP contribution in [0.5, 0.6) is 0 Å². The maximum absolute atomic E-state index is 12.4. The second-order valence-electron chi connectivity index (χ2n) is 4.84. The Labute approximate surface area is 124 Å². The number of carbonyl (C=O) groups excluding carboxylic acids is 1. The molecule has 0 bridgehead atoms. The van der Waals surface area contributed by atoms with Crippen molar-refractivity contribution in [2.75, 3.05) is 13.3 Å². The summed E-state index contributed by atoms with van der Waals surface area (Å²) in [5.41, 5.74) is 1.77. The van der Waals surface area contributed by atoms with Gasteiger partial charge < -0.3 is 9.32 Å². The summed E-state index contributed by atoms with van der Waals surface area (Å²) < 4.78 is 5.42. The molecule has 0 aliphatic heterocycles. The first kappa shape index (κ1) is 14.7. The quantitative estimate of drug-likeness (QED) is 0.801. The molecule has 0 saturated heterocycles. The minimum absolute atomic E-state index is 0.00621. The van der Waals surface area contributed by atoms with Crippen molar-refractivity contribution in [1.29, 1.82) is 0 Å². The molecule has 0 aliphatic rings. The Morgan fingerprint density at radius 3 is 2.40 bits per heavy atom. The van der Waals surface area contributed by atoms with E-state index in [-0.39, 0.29) is 5.91 Å². The molecule has 0 saturated carbocycles. The molecule has 0 aliphatic carbocycles. The van der Waals surface area contributed by atoms with Crippen LogP contribution in [0, 0.1) is 13.8 Å². The van der Waals surface area contributed by atoms with E-state index in [1.165, 1.54) is 4.90 Å². The number of furan rings is 1. The molecule has 1 heterocycles. The predicted molar refractivity (Wildman–Crippen MR) is 82.2 cm³/mol. The van der Waals surface area contributed by atoms with E-state index in [1.807, 2.05) is 20.9 Å². The number of aryl methyl sites for hydroxylation is 2. The van der Waals surface area contributed by atoms with Crippen molar-refractivity contribution in [3.63, 3.8) is 0 Å². The van der Waals surface area contributed by atoms with Crippen LogP contribution < -0.4 is 0 Å². The first-order chi connectivity index (χ1) is 9.51. The van der Waals surface area contributed by atoms with Crippen molar-refractivity contribution in [3.8, 4) is 0 Å². The number of thioether (sulfide) groups is 1. The Morgan fingerprint density at radius 2 is 1.90 bits per heavy atom. The number of amides is 1. The van der Waals surface area contributed by atoms with Gasteiger partial charge in [-0.1, -0.05) is 12.1 Å². The number of rotatable bonds is 4. The standard InChI is InChI=1S/C16H19NO2S/c1-11-9-15(12(2)19-11)16(18)17(3)10-13-5-7-14(20-4)8-6-13/h5-9H,10H2,1-4H3. The Kier molecular flexibility index (Phi) is 4.55. The van der Waals surface area contributed by atoms with Crippen LogP contribution in [-0.4, -0.2) is 24.1 Å². The van der Waals surface area contributed by atoms with E-state index in [0.717, 1.165) is 11.3 Å².